The molecular formula is C86H97N15O11S6. The van der Waals surface area contributed by atoms with Crippen LogP contribution in [0.4, 0.5) is 0 Å². The number of hydrogen-bond acceptors (Lipinski definition) is 19. The number of amidine groups is 3. The number of aliphatic carboxylic acids is 1. The van der Waals surface area contributed by atoms with Crippen LogP contribution in [0, 0.1) is 0 Å². The zero-order chi connectivity index (χ0) is 83.7. The SMILES string of the molecule is CC(=O)O.CCN(CC)S(=O)(=O)c1cccc(-c2nn(-c3ccccc3)cc2/C=C2\SC(N3CCCCC3)=NC2=O)c1.CCN(CC)S(=O)(=O)c1cccc(-c2nn(-c3ccccc3)cc2/C=C2\SC(N3CCCCC3)=NC2=O)c1.CCN(CC)S(=O)(=O)c1cccc(-c2nn(-c3ccccc3)cc2/C=C2\SC(N3CCCCC3)=NC2=O)c1. The zero-order valence-corrected chi connectivity index (χ0v) is 72.0. The molecule has 0 atom stereocenters. The third-order valence-corrected chi connectivity index (χ3v) is 29.5. The first-order chi connectivity index (χ1) is 56.9. The molecular weight excluding hydrogens is 1610 g/mol. The van der Waals surface area contributed by atoms with Gasteiger partial charge >= 0.3 is 0 Å². The van der Waals surface area contributed by atoms with E-state index in [0.717, 1.165) is 134 Å². The van der Waals surface area contributed by atoms with E-state index in [1.54, 1.807) is 68.6 Å². The topological polar surface area (TPSA) is 301 Å². The highest BCUT2D eigenvalue weighted by Gasteiger charge is 2.33. The van der Waals surface area contributed by atoms with Gasteiger partial charge in [-0.05, 0) is 184 Å². The van der Waals surface area contributed by atoms with Gasteiger partial charge in [0.2, 0.25) is 30.1 Å². The number of carbonyl (C=O) groups is 4. The van der Waals surface area contributed by atoms with Gasteiger partial charge in [0, 0.05) is 137 Å². The van der Waals surface area contributed by atoms with Crippen LogP contribution in [0.15, 0.2) is 227 Å². The third kappa shape index (κ3) is 20.9. The number of hydrogen-bond donors (Lipinski definition) is 1. The summed E-state index contributed by atoms with van der Waals surface area (Å²) < 4.78 is 88.9. The number of amides is 3. The number of likely N-dealkylation sites (tertiary alicyclic amines) is 3. The van der Waals surface area contributed by atoms with E-state index in [1.165, 1.54) is 67.5 Å². The first kappa shape index (κ1) is 87.2. The highest BCUT2D eigenvalue weighted by atomic mass is 32.2. The number of benzene rings is 6. The van der Waals surface area contributed by atoms with E-state index in [9.17, 15) is 39.6 Å². The lowest BCUT2D eigenvalue weighted by Gasteiger charge is -2.27. The Morgan fingerprint density at radius 3 is 0.839 bits per heavy atom. The number of aromatic nitrogens is 6. The second kappa shape index (κ2) is 40.1. The van der Waals surface area contributed by atoms with Crippen molar-refractivity contribution in [3.8, 4) is 50.8 Å². The highest BCUT2D eigenvalue weighted by molar-refractivity contribution is 8.19. The molecule has 3 fully saturated rings. The summed E-state index contributed by atoms with van der Waals surface area (Å²) in [5.74, 6) is -1.61. The predicted molar refractivity (Wildman–Crippen MR) is 471 cm³/mol. The number of para-hydroxylation sites is 3. The summed E-state index contributed by atoms with van der Waals surface area (Å²) in [6.07, 6.45) is 21.3. The molecule has 32 heteroatoms. The molecule has 3 amide bonds. The number of sulfonamides is 3. The van der Waals surface area contributed by atoms with Crippen LogP contribution in [-0.2, 0) is 49.2 Å². The number of carbonyl (C=O) groups excluding carboxylic acids is 3. The quantitative estimate of drug-likeness (QED) is 0.0653. The first-order valence-corrected chi connectivity index (χ1v) is 46.5. The van der Waals surface area contributed by atoms with E-state index in [0.29, 0.717) is 87.8 Å². The Balaban J connectivity index is 0.000000159. The number of carboxylic acids is 1. The van der Waals surface area contributed by atoms with Crippen LogP contribution >= 0.6 is 35.3 Å². The Labute approximate surface area is 703 Å². The molecule has 1 N–H and O–H groups in total. The molecule has 6 aromatic carbocycles. The zero-order valence-electron chi connectivity index (χ0n) is 67.1. The fraction of sp³-hybridized carbons (Fsp3) is 0.326. The molecule has 0 unspecified atom stereocenters. The maximum Gasteiger partial charge on any atom is 0.300 e. The molecule has 3 aromatic heterocycles. The van der Waals surface area contributed by atoms with Gasteiger partial charge in [-0.1, -0.05) is 133 Å². The summed E-state index contributed by atoms with van der Waals surface area (Å²) in [6.45, 7) is 19.9. The lowest BCUT2D eigenvalue weighted by atomic mass is 10.1. The second-order valence-corrected chi connectivity index (χ2v) is 36.9. The average molecular weight is 1710 g/mol. The van der Waals surface area contributed by atoms with Gasteiger partial charge in [0.15, 0.2) is 15.5 Å². The molecule has 15 rings (SSSR count). The van der Waals surface area contributed by atoms with Gasteiger partial charge in [-0.15, -0.1) is 0 Å². The van der Waals surface area contributed by atoms with Crippen molar-refractivity contribution < 1.29 is 49.5 Å². The summed E-state index contributed by atoms with van der Waals surface area (Å²) in [5.41, 5.74) is 8.51. The van der Waals surface area contributed by atoms with E-state index in [4.69, 9.17) is 25.2 Å². The van der Waals surface area contributed by atoms with Crippen LogP contribution < -0.4 is 0 Å². The molecule has 0 bridgehead atoms. The second-order valence-electron chi connectivity index (χ2n) is 28.1. The third-order valence-electron chi connectivity index (χ3n) is 20.2. The van der Waals surface area contributed by atoms with Crippen LogP contribution in [0.1, 0.15) is 123 Å². The fourth-order valence-electron chi connectivity index (χ4n) is 14.1. The number of carboxylic acid groups (broad SMARTS) is 1. The first-order valence-electron chi connectivity index (χ1n) is 39.7. The Bertz CT molecular complexity index is 5120. The molecule has 26 nitrogen and oxygen atoms in total. The lowest BCUT2D eigenvalue weighted by Crippen LogP contribution is -2.33. The molecule has 618 valence electrons. The number of thioether (sulfide) groups is 3. The summed E-state index contributed by atoms with van der Waals surface area (Å²) in [5, 5.41) is 24.2. The van der Waals surface area contributed by atoms with Gasteiger partial charge < -0.3 is 19.8 Å². The molecule has 6 aliphatic rings. The summed E-state index contributed by atoms with van der Waals surface area (Å²) in [4.78, 5) is 69.4. The predicted octanol–water partition coefficient (Wildman–Crippen LogP) is 15.2. The number of aliphatic imine (C=N–C) groups is 3. The Morgan fingerprint density at radius 1 is 0.373 bits per heavy atom. The summed E-state index contributed by atoms with van der Waals surface area (Å²) >= 11 is 4.18. The van der Waals surface area contributed by atoms with Gasteiger partial charge in [-0.2, -0.15) is 43.2 Å². The molecule has 9 heterocycles. The number of rotatable bonds is 21. The monoisotopic (exact) mass is 1710 g/mol. The normalized spacial score (nSPS) is 17.1. The van der Waals surface area contributed by atoms with Gasteiger partial charge in [0.05, 0.1) is 46.5 Å². The highest BCUT2D eigenvalue weighted by Crippen LogP contribution is 2.40. The van der Waals surface area contributed by atoms with Crippen molar-refractivity contribution in [2.75, 3.05) is 78.5 Å². The van der Waals surface area contributed by atoms with Crippen LogP contribution in [0.5, 0.6) is 0 Å². The Morgan fingerprint density at radius 2 is 0.610 bits per heavy atom. The van der Waals surface area contributed by atoms with E-state index in [1.807, 2.05) is 188 Å². The van der Waals surface area contributed by atoms with Gasteiger partial charge in [-0.3, -0.25) is 19.2 Å². The van der Waals surface area contributed by atoms with Crippen LogP contribution in [0.3, 0.4) is 0 Å². The minimum absolute atomic E-state index is 0.216. The van der Waals surface area contributed by atoms with Crippen molar-refractivity contribution in [3.05, 3.63) is 214 Å². The van der Waals surface area contributed by atoms with Gasteiger partial charge in [0.25, 0.3) is 23.7 Å². The Hall–Kier alpha value is -10.2. The van der Waals surface area contributed by atoms with Crippen molar-refractivity contribution in [2.24, 2.45) is 15.0 Å². The maximum atomic E-state index is 13.2. The van der Waals surface area contributed by atoms with Crippen molar-refractivity contribution in [1.82, 2.24) is 57.0 Å². The van der Waals surface area contributed by atoms with Crippen molar-refractivity contribution in [3.63, 3.8) is 0 Å². The van der Waals surface area contributed by atoms with Crippen molar-refractivity contribution in [2.45, 2.75) is 121 Å². The standard InChI is InChI=1S/3C28H31N5O3S2.C2H4O2/c3*1-3-32(4-2)38(35,36)24-15-11-12-21(18-24)26-22(20-33(30-26)23-13-7-5-8-14-23)19-25-27(34)29-28(37-25)31-16-9-6-10-17-31;1-2(3)4/h3*5,7-8,11-15,18-20H,3-4,6,9-10,16-17H2,1-2H3;1H3,(H,3,4)/b3*25-19-;. The minimum atomic E-state index is -3.64. The molecule has 9 aromatic rings. The summed E-state index contributed by atoms with van der Waals surface area (Å²) in [6, 6.07) is 49.6. The van der Waals surface area contributed by atoms with Crippen molar-refractivity contribution in [1.29, 1.82) is 0 Å². The Kier molecular flexibility index (Phi) is 29.6. The van der Waals surface area contributed by atoms with Crippen LogP contribution in [-0.4, -0.2) is 205 Å². The van der Waals surface area contributed by atoms with Gasteiger partial charge in [-0.25, -0.2) is 39.3 Å². The fourth-order valence-corrected chi connectivity index (χ4v) is 21.5. The molecule has 0 aliphatic carbocycles. The van der Waals surface area contributed by atoms with E-state index < -0.39 is 36.0 Å². The molecule has 3 saturated heterocycles. The van der Waals surface area contributed by atoms with E-state index in [-0.39, 0.29) is 32.4 Å². The molecule has 0 radical (unpaired) electrons. The van der Waals surface area contributed by atoms with Crippen molar-refractivity contribution >= 4 is 123 Å². The smallest absolute Gasteiger partial charge is 0.300 e. The van der Waals surface area contributed by atoms with E-state index >= 15 is 0 Å². The van der Waals surface area contributed by atoms with Crippen LogP contribution in [0.2, 0.25) is 0 Å². The van der Waals surface area contributed by atoms with Crippen LogP contribution in [0.25, 0.3) is 69.1 Å². The lowest BCUT2D eigenvalue weighted by molar-refractivity contribution is -0.134. The number of piperidine rings is 3. The molecule has 0 saturated carbocycles. The van der Waals surface area contributed by atoms with Gasteiger partial charge in [0.1, 0.15) is 17.1 Å². The molecule has 6 aliphatic heterocycles. The number of nitrogens with zero attached hydrogens (tertiary/aromatic N) is 15. The molecule has 0 spiro atoms. The minimum Gasteiger partial charge on any atom is -0.481 e. The summed E-state index contributed by atoms with van der Waals surface area (Å²) in [7, 11) is -10.9. The largest absolute Gasteiger partial charge is 0.481 e. The van der Waals surface area contributed by atoms with E-state index in [2.05, 4.69) is 29.7 Å². The average Bonchev–Trinajstić information content (AvgIpc) is 1.79. The maximum absolute atomic E-state index is 13.2. The molecule has 118 heavy (non-hydrogen) atoms.